The van der Waals surface area contributed by atoms with Crippen LogP contribution in [0.15, 0.2) is 24.3 Å². The van der Waals surface area contributed by atoms with Crippen LogP contribution in [0.5, 0.6) is 0 Å². The first-order valence-electron chi connectivity index (χ1n) is 9.20. The van der Waals surface area contributed by atoms with Crippen molar-refractivity contribution in [3.8, 4) is 0 Å². The summed E-state index contributed by atoms with van der Waals surface area (Å²) in [6, 6.07) is 0. The molecule has 0 aliphatic rings. The molecule has 0 aliphatic heterocycles. The van der Waals surface area contributed by atoms with E-state index in [1.54, 1.807) is 0 Å². The number of hydrogen-bond donors (Lipinski definition) is 0. The summed E-state index contributed by atoms with van der Waals surface area (Å²) >= 11 is 0. The van der Waals surface area contributed by atoms with Crippen molar-refractivity contribution in [2.24, 2.45) is 0 Å². The lowest BCUT2D eigenvalue weighted by atomic mass is 10.1. The van der Waals surface area contributed by atoms with Gasteiger partial charge in [0.1, 0.15) is 0 Å². The van der Waals surface area contributed by atoms with Gasteiger partial charge in [0.15, 0.2) is 0 Å². The van der Waals surface area contributed by atoms with Gasteiger partial charge in [0.05, 0.1) is 14.2 Å². The second-order valence-corrected chi connectivity index (χ2v) is 5.53. The highest BCUT2D eigenvalue weighted by Gasteiger charge is 1.89. The van der Waals surface area contributed by atoms with Gasteiger partial charge in [-0.25, -0.2) is 9.78 Å². The van der Waals surface area contributed by atoms with Crippen LogP contribution in [-0.4, -0.2) is 14.2 Å². The van der Waals surface area contributed by atoms with Crippen LogP contribution < -0.4 is 0 Å². The molecular weight excluding hydrogens is 272 g/mol. The average molecular weight is 313 g/mol. The van der Waals surface area contributed by atoms with Crippen molar-refractivity contribution in [3.05, 3.63) is 24.3 Å². The molecule has 132 valence electrons. The van der Waals surface area contributed by atoms with Gasteiger partial charge in [0.25, 0.3) is 0 Å². The number of allylic oxidation sites excluding steroid dienone is 4. The van der Waals surface area contributed by atoms with E-state index in [0.29, 0.717) is 0 Å². The topological polar surface area (TPSA) is 18.5 Å². The fraction of sp³-hybridized carbons (Fsp3) is 0.800. The van der Waals surface area contributed by atoms with Gasteiger partial charge < -0.3 is 0 Å². The molecule has 0 aromatic heterocycles. The van der Waals surface area contributed by atoms with Crippen molar-refractivity contribution < 1.29 is 9.78 Å². The first-order valence-corrected chi connectivity index (χ1v) is 9.20. The predicted molar refractivity (Wildman–Crippen MR) is 99.1 cm³/mol. The molecule has 2 nitrogen and oxygen atoms in total. The Morgan fingerprint density at radius 2 is 0.955 bits per heavy atom. The Kier molecular flexibility index (Phi) is 27.3. The van der Waals surface area contributed by atoms with Crippen molar-refractivity contribution >= 4 is 0 Å². The Bertz CT molecular complexity index is 220. The molecule has 0 spiro atoms. The van der Waals surface area contributed by atoms with Gasteiger partial charge in [0.2, 0.25) is 0 Å². The molecule has 0 rings (SSSR count). The minimum absolute atomic E-state index is 1.19. The zero-order valence-electron chi connectivity index (χ0n) is 15.6. The van der Waals surface area contributed by atoms with Crippen molar-refractivity contribution in [2.75, 3.05) is 14.2 Å². The molecule has 0 bridgehead atoms. The summed E-state index contributed by atoms with van der Waals surface area (Å²) in [4.78, 5) is 8.08. The van der Waals surface area contributed by atoms with Gasteiger partial charge >= 0.3 is 0 Å². The molecular formula is C20H40O2. The molecule has 0 unspecified atom stereocenters. The summed E-state index contributed by atoms with van der Waals surface area (Å²) in [5, 5.41) is 0. The number of hydrogen-bond acceptors (Lipinski definition) is 2. The standard InChI is InChI=1S/C18H34.C2H6O2/c1-3-5-7-9-11-13-15-17-18-16-14-12-10-8-6-4-2;1-3-4-2/h5,7,10,12H,3-4,6,8-9,11,13-18H2,1-2H3;1-2H3/b7-5+,12-10-;. The van der Waals surface area contributed by atoms with E-state index in [2.05, 4.69) is 47.9 Å². The van der Waals surface area contributed by atoms with E-state index in [-0.39, 0.29) is 0 Å². The van der Waals surface area contributed by atoms with Crippen LogP contribution in [0.2, 0.25) is 0 Å². The highest BCUT2D eigenvalue weighted by atomic mass is 17.2. The first-order chi connectivity index (χ1) is 10.8. The number of rotatable bonds is 14. The van der Waals surface area contributed by atoms with Gasteiger partial charge in [0, 0.05) is 0 Å². The average Bonchev–Trinajstić information content (AvgIpc) is 2.55. The van der Waals surface area contributed by atoms with Crippen molar-refractivity contribution in [3.63, 3.8) is 0 Å². The summed E-state index contributed by atoms with van der Waals surface area (Å²) in [7, 11) is 2.92. The fourth-order valence-corrected chi connectivity index (χ4v) is 2.07. The zero-order valence-corrected chi connectivity index (χ0v) is 15.6. The first kappa shape index (κ1) is 23.7. The van der Waals surface area contributed by atoms with E-state index < -0.39 is 0 Å². The van der Waals surface area contributed by atoms with E-state index in [9.17, 15) is 0 Å². The minimum Gasteiger partial charge on any atom is -0.240 e. The second kappa shape index (κ2) is 25.4. The maximum Gasteiger partial charge on any atom is 0.0712 e. The van der Waals surface area contributed by atoms with E-state index in [1.165, 1.54) is 91.3 Å². The molecule has 0 aliphatic carbocycles. The molecule has 0 atom stereocenters. The van der Waals surface area contributed by atoms with E-state index in [0.717, 1.165) is 0 Å². The van der Waals surface area contributed by atoms with E-state index in [1.807, 2.05) is 0 Å². The summed E-state index contributed by atoms with van der Waals surface area (Å²) in [6.07, 6.45) is 25.5. The Morgan fingerprint density at radius 3 is 1.36 bits per heavy atom. The van der Waals surface area contributed by atoms with Crippen LogP contribution in [-0.2, 0) is 9.78 Å². The molecule has 22 heavy (non-hydrogen) atoms. The third kappa shape index (κ3) is 27.7. The van der Waals surface area contributed by atoms with E-state index in [4.69, 9.17) is 0 Å². The molecule has 0 N–H and O–H groups in total. The minimum atomic E-state index is 1.19. The molecule has 2 heteroatoms. The van der Waals surface area contributed by atoms with Crippen molar-refractivity contribution in [1.82, 2.24) is 0 Å². The summed E-state index contributed by atoms with van der Waals surface area (Å²) in [5.74, 6) is 0. The molecule has 0 fully saturated rings. The maximum atomic E-state index is 4.04. The lowest BCUT2D eigenvalue weighted by Gasteiger charge is -1.99. The molecule has 0 aromatic rings. The van der Waals surface area contributed by atoms with Gasteiger partial charge in [-0.15, -0.1) is 0 Å². The van der Waals surface area contributed by atoms with Crippen molar-refractivity contribution in [1.29, 1.82) is 0 Å². The summed E-state index contributed by atoms with van der Waals surface area (Å²) < 4.78 is 0. The lowest BCUT2D eigenvalue weighted by Crippen LogP contribution is -1.79. The SMILES string of the molecule is CC/C=C/CCCCCCCC/C=C\CCCC.COOC. The van der Waals surface area contributed by atoms with Crippen LogP contribution in [0.4, 0.5) is 0 Å². The highest BCUT2D eigenvalue weighted by molar-refractivity contribution is 4.81. The monoisotopic (exact) mass is 312 g/mol. The Labute approximate surface area is 139 Å². The smallest absolute Gasteiger partial charge is 0.0712 e. The van der Waals surface area contributed by atoms with Gasteiger partial charge in [-0.1, -0.05) is 76.7 Å². The quantitative estimate of drug-likeness (QED) is 0.148. The summed E-state index contributed by atoms with van der Waals surface area (Å²) in [5.41, 5.74) is 0. The van der Waals surface area contributed by atoms with Gasteiger partial charge in [-0.2, -0.15) is 0 Å². The molecule has 0 aromatic carbocycles. The van der Waals surface area contributed by atoms with Crippen LogP contribution in [0.25, 0.3) is 0 Å². The third-order valence-corrected chi connectivity index (χ3v) is 3.45. The van der Waals surface area contributed by atoms with Crippen LogP contribution in [0.1, 0.15) is 90.9 Å². The number of unbranched alkanes of at least 4 members (excludes halogenated alkanes) is 9. The molecule has 0 heterocycles. The third-order valence-electron chi connectivity index (χ3n) is 3.45. The second-order valence-electron chi connectivity index (χ2n) is 5.53. The summed E-state index contributed by atoms with van der Waals surface area (Å²) in [6.45, 7) is 4.46. The molecule has 0 saturated heterocycles. The fourth-order valence-electron chi connectivity index (χ4n) is 2.07. The predicted octanol–water partition coefficient (Wildman–Crippen LogP) is 7.01. The Hall–Kier alpha value is -0.600. The Balaban J connectivity index is 0. The zero-order chi connectivity index (χ0) is 16.7. The van der Waals surface area contributed by atoms with Crippen LogP contribution in [0.3, 0.4) is 0 Å². The maximum absolute atomic E-state index is 4.04. The van der Waals surface area contributed by atoms with E-state index >= 15 is 0 Å². The largest absolute Gasteiger partial charge is 0.240 e. The lowest BCUT2D eigenvalue weighted by molar-refractivity contribution is -0.248. The van der Waals surface area contributed by atoms with Crippen LogP contribution in [0, 0.1) is 0 Å². The Morgan fingerprint density at radius 1 is 0.545 bits per heavy atom. The highest BCUT2D eigenvalue weighted by Crippen LogP contribution is 2.09. The van der Waals surface area contributed by atoms with Gasteiger partial charge in [-0.3, -0.25) is 0 Å². The molecule has 0 radical (unpaired) electrons. The van der Waals surface area contributed by atoms with Crippen molar-refractivity contribution in [2.45, 2.75) is 90.9 Å². The molecule has 0 amide bonds. The molecule has 0 saturated carbocycles. The van der Waals surface area contributed by atoms with Crippen LogP contribution >= 0.6 is 0 Å². The van der Waals surface area contributed by atoms with Gasteiger partial charge in [-0.05, 0) is 38.5 Å². The normalized spacial score (nSPS) is 11.1.